The van der Waals surface area contributed by atoms with Crippen molar-refractivity contribution in [1.82, 2.24) is 20.5 Å². The lowest BCUT2D eigenvalue weighted by molar-refractivity contribution is -0.150. The van der Waals surface area contributed by atoms with E-state index in [0.29, 0.717) is 52.9 Å². The first-order valence-corrected chi connectivity index (χ1v) is 23.3. The molecule has 14 heteroatoms. The van der Waals surface area contributed by atoms with Gasteiger partial charge in [0.2, 0.25) is 20.1 Å². The van der Waals surface area contributed by atoms with Crippen molar-refractivity contribution in [2.75, 3.05) is 13.2 Å². The molecule has 6 rings (SSSR count). The molecule has 13 nitrogen and oxygen atoms in total. The number of carbonyl (C=O) groups is 5. The summed E-state index contributed by atoms with van der Waals surface area (Å²) in [6.45, 7) is 19.6. The number of esters is 1. The number of ketones is 1. The Morgan fingerprint density at radius 3 is 2.49 bits per heavy atom. The molecule has 0 radical (unpaired) electrons. The Morgan fingerprint density at radius 2 is 1.81 bits per heavy atom. The van der Waals surface area contributed by atoms with Gasteiger partial charge in [-0.15, -0.1) is 0 Å². The second-order valence-electron chi connectivity index (χ2n) is 18.8. The van der Waals surface area contributed by atoms with E-state index in [0.717, 1.165) is 19.3 Å². The molecule has 3 amide bonds. The minimum atomic E-state index is -2.21. The summed E-state index contributed by atoms with van der Waals surface area (Å²) < 4.78 is 24.5. The lowest BCUT2D eigenvalue weighted by atomic mass is 9.86. The summed E-state index contributed by atoms with van der Waals surface area (Å²) in [5.74, 6) is -1.10. The quantitative estimate of drug-likeness (QED) is 0.181. The molecule has 1 spiro atoms. The summed E-state index contributed by atoms with van der Waals surface area (Å²) in [7, 11) is -2.21. The number of aryl methyl sites for hydroxylation is 1. The lowest BCUT2D eigenvalue weighted by Gasteiger charge is -2.37. The number of benzene rings is 1. The molecule has 5 atom stereocenters. The number of alkyl carbamates (subject to hydrolysis) is 1. The van der Waals surface area contributed by atoms with Crippen LogP contribution in [-0.2, 0) is 23.9 Å². The van der Waals surface area contributed by atoms with Gasteiger partial charge < -0.3 is 34.2 Å². The van der Waals surface area contributed by atoms with Crippen LogP contribution >= 0.6 is 0 Å². The van der Waals surface area contributed by atoms with Crippen LogP contribution in [0.25, 0.3) is 10.9 Å². The van der Waals surface area contributed by atoms with Crippen molar-refractivity contribution >= 4 is 48.9 Å². The van der Waals surface area contributed by atoms with Gasteiger partial charge in [-0.1, -0.05) is 45.8 Å². The highest BCUT2D eigenvalue weighted by Crippen LogP contribution is 2.48. The van der Waals surface area contributed by atoms with Crippen molar-refractivity contribution < 1.29 is 42.6 Å². The third-order valence-corrected chi connectivity index (χ3v) is 16.4. The van der Waals surface area contributed by atoms with E-state index >= 15 is 0 Å². The first-order valence-electron chi connectivity index (χ1n) is 20.4. The zero-order chi connectivity index (χ0) is 41.7. The Morgan fingerprint density at radius 1 is 1.07 bits per heavy atom. The maximum atomic E-state index is 14.7. The van der Waals surface area contributed by atoms with Gasteiger partial charge in [0, 0.05) is 17.7 Å². The van der Waals surface area contributed by atoms with Crippen molar-refractivity contribution in [3.8, 4) is 11.5 Å². The van der Waals surface area contributed by atoms with Crippen LogP contribution in [-0.4, -0.2) is 89.8 Å². The largest absolute Gasteiger partial charge is 0.543 e. The number of Topliss-reactive ketones (excluding diaryl/α,β-unsaturated/α-hetero) is 1. The van der Waals surface area contributed by atoms with Gasteiger partial charge in [-0.2, -0.15) is 0 Å². The van der Waals surface area contributed by atoms with Crippen LogP contribution in [0.3, 0.4) is 0 Å². The van der Waals surface area contributed by atoms with Gasteiger partial charge in [0.1, 0.15) is 34.6 Å². The second-order valence-corrected chi connectivity index (χ2v) is 23.5. The van der Waals surface area contributed by atoms with Crippen molar-refractivity contribution in [2.45, 2.75) is 154 Å². The van der Waals surface area contributed by atoms with Gasteiger partial charge in [0.15, 0.2) is 11.5 Å². The topological polar surface area (TPSA) is 162 Å². The number of ether oxygens (including phenoxy) is 3. The summed E-state index contributed by atoms with van der Waals surface area (Å²) in [4.78, 5) is 76.6. The van der Waals surface area contributed by atoms with Gasteiger partial charge in [0.25, 0.3) is 0 Å². The molecule has 1 saturated heterocycles. The van der Waals surface area contributed by atoms with Crippen LogP contribution in [0.2, 0.25) is 18.1 Å². The molecule has 310 valence electrons. The van der Waals surface area contributed by atoms with Crippen molar-refractivity contribution in [2.24, 2.45) is 5.92 Å². The van der Waals surface area contributed by atoms with Crippen LogP contribution in [0.1, 0.15) is 116 Å². The first kappa shape index (κ1) is 42.2. The second kappa shape index (κ2) is 15.4. The molecule has 2 aromatic rings. The van der Waals surface area contributed by atoms with E-state index in [1.54, 1.807) is 34.6 Å². The number of carbonyl (C=O) groups excluding carboxylic acids is 5. The molecule has 1 saturated carbocycles. The molecular weight excluding hydrogens is 745 g/mol. The average Bonchev–Trinajstić information content (AvgIpc) is 3.67. The number of hydrogen-bond donors (Lipinski definition) is 2. The highest BCUT2D eigenvalue weighted by molar-refractivity contribution is 6.74. The predicted octanol–water partition coefficient (Wildman–Crippen LogP) is 7.08. The van der Waals surface area contributed by atoms with Gasteiger partial charge in [-0.05, 0) is 96.6 Å². The lowest BCUT2D eigenvalue weighted by Crippen LogP contribution is -2.57. The number of pyridine rings is 1. The van der Waals surface area contributed by atoms with E-state index < -0.39 is 61.0 Å². The normalized spacial score (nSPS) is 27.5. The maximum Gasteiger partial charge on any atom is 0.408 e. The number of rotatable bonds is 5. The molecule has 3 aliphatic heterocycles. The van der Waals surface area contributed by atoms with E-state index in [4.69, 9.17) is 23.6 Å². The van der Waals surface area contributed by atoms with Crippen molar-refractivity contribution in [3.63, 3.8) is 0 Å². The minimum absolute atomic E-state index is 0.0275. The number of amides is 3. The van der Waals surface area contributed by atoms with Crippen LogP contribution in [0.15, 0.2) is 30.4 Å². The predicted molar refractivity (Wildman–Crippen MR) is 218 cm³/mol. The maximum absolute atomic E-state index is 14.7. The molecule has 4 heterocycles. The molecule has 2 fully saturated rings. The molecular formula is C43H60N4O9Si. The van der Waals surface area contributed by atoms with Gasteiger partial charge in [0.05, 0.1) is 36.3 Å². The fourth-order valence-corrected chi connectivity index (χ4v) is 9.00. The molecule has 0 bridgehead atoms. The van der Waals surface area contributed by atoms with Crippen LogP contribution < -0.4 is 19.8 Å². The van der Waals surface area contributed by atoms with Crippen LogP contribution in [0.4, 0.5) is 4.79 Å². The monoisotopic (exact) mass is 804 g/mol. The summed E-state index contributed by atoms with van der Waals surface area (Å²) in [5, 5.41) is 6.34. The Kier molecular flexibility index (Phi) is 11.4. The molecule has 57 heavy (non-hydrogen) atoms. The van der Waals surface area contributed by atoms with E-state index in [1.165, 1.54) is 4.90 Å². The summed E-state index contributed by atoms with van der Waals surface area (Å²) in [6, 6.07) is 3.45. The van der Waals surface area contributed by atoms with Crippen LogP contribution in [0.5, 0.6) is 11.5 Å². The SMILES string of the molecule is CCOC(=O)[C@@]12C[C@H]1/C=C\CCCCC[C@H](NC(=O)OC(C)(C)C)C(=O)N1C[C@@]3(CC(=O)c4c(c(C)nc5ccc(O[Si](C)(C)C(C)(C)C)cc45)O3)C[C@H]1C(=O)N2. The molecule has 1 aromatic heterocycles. The zero-order valence-corrected chi connectivity index (χ0v) is 36.3. The van der Waals surface area contributed by atoms with Crippen molar-refractivity contribution in [3.05, 3.63) is 41.6 Å². The number of nitrogens with zero attached hydrogens (tertiary/aromatic N) is 2. The van der Waals surface area contributed by atoms with E-state index in [9.17, 15) is 24.0 Å². The van der Waals surface area contributed by atoms with E-state index in [1.807, 2.05) is 30.4 Å². The average molecular weight is 805 g/mol. The summed E-state index contributed by atoms with van der Waals surface area (Å²) in [6.07, 6.45) is 6.80. The Labute approximate surface area is 337 Å². The molecule has 2 N–H and O–H groups in total. The number of aromatic nitrogens is 1. The Hall–Kier alpha value is -4.46. The highest BCUT2D eigenvalue weighted by atomic mass is 28.4. The fraction of sp³-hybridized carbons (Fsp3) is 0.628. The molecule has 1 aromatic carbocycles. The number of fused-ring (bicyclic) bond motifs is 5. The highest BCUT2D eigenvalue weighted by Gasteiger charge is 2.63. The summed E-state index contributed by atoms with van der Waals surface area (Å²) in [5.41, 5.74) is -1.85. The number of allylic oxidation sites excluding steroid dienone is 1. The third-order valence-electron chi connectivity index (χ3n) is 12.0. The van der Waals surface area contributed by atoms with Crippen molar-refractivity contribution in [1.29, 1.82) is 0 Å². The number of hydrogen-bond acceptors (Lipinski definition) is 10. The molecule has 4 aliphatic rings. The third kappa shape index (κ3) is 8.70. The van der Waals surface area contributed by atoms with Gasteiger partial charge in [-0.3, -0.25) is 14.4 Å². The summed E-state index contributed by atoms with van der Waals surface area (Å²) >= 11 is 0. The standard InChI is InChI=1S/C43H60N4O9Si/c1-11-53-38(51)43-22-27(43)17-15-13-12-14-16-18-31(45-39(52)55-40(3,4)5)37(50)47-25-42(23-32(47)36(49)46-43)24-33(48)34-29-21-28(56-57(9,10)41(6,7)8)19-20-30(29)44-26(2)35(34)54-42/h15,17,19-21,27,31-32H,11-14,16,18,22-25H2,1-10H3,(H,45,52)(H,46,49)/b17-15-/t27-,31+,32+,42+,43-/m1/s1. The zero-order valence-electron chi connectivity index (χ0n) is 35.3. The first-order chi connectivity index (χ1) is 26.6. The number of nitrogens with one attached hydrogen (secondary N) is 2. The smallest absolute Gasteiger partial charge is 0.408 e. The molecule has 1 aliphatic carbocycles. The Balaban J connectivity index is 1.38. The Bertz CT molecular complexity index is 1980. The molecule has 0 unspecified atom stereocenters. The van der Waals surface area contributed by atoms with Gasteiger partial charge in [-0.25, -0.2) is 14.6 Å². The fourth-order valence-electron chi connectivity index (χ4n) is 7.98. The van der Waals surface area contributed by atoms with Crippen LogP contribution in [0, 0.1) is 12.8 Å². The minimum Gasteiger partial charge on any atom is -0.543 e. The van der Waals surface area contributed by atoms with E-state index in [2.05, 4.69) is 44.5 Å². The van der Waals surface area contributed by atoms with E-state index in [-0.39, 0.29) is 42.7 Å². The van der Waals surface area contributed by atoms with Gasteiger partial charge >= 0.3 is 12.1 Å².